The first-order valence-corrected chi connectivity index (χ1v) is 8.23. The van der Waals surface area contributed by atoms with E-state index in [2.05, 4.69) is 17.0 Å². The van der Waals surface area contributed by atoms with E-state index in [9.17, 15) is 4.79 Å². The second-order valence-corrected chi connectivity index (χ2v) is 6.15. The highest BCUT2D eigenvalue weighted by Gasteiger charge is 2.10. The molecular weight excluding hydrogens is 312 g/mol. The molecule has 25 heavy (non-hydrogen) atoms. The molecular formula is C21H22N2O2. The zero-order valence-corrected chi connectivity index (χ0v) is 14.8. The minimum Gasteiger partial charge on any atom is -0.483 e. The molecule has 0 saturated heterocycles. The highest BCUT2D eigenvalue weighted by atomic mass is 16.5. The van der Waals surface area contributed by atoms with E-state index in [0.29, 0.717) is 12.4 Å². The summed E-state index contributed by atoms with van der Waals surface area (Å²) >= 11 is 0. The number of ether oxygens (including phenoxy) is 1. The number of benzene rings is 2. The Bertz CT molecular complexity index is 897. The van der Waals surface area contributed by atoms with E-state index in [0.717, 1.165) is 22.6 Å². The molecule has 0 bridgehead atoms. The Hall–Kier alpha value is -3.01. The van der Waals surface area contributed by atoms with Crippen molar-refractivity contribution < 1.29 is 4.74 Å². The number of pyridine rings is 1. The molecule has 0 spiro atoms. The van der Waals surface area contributed by atoms with Crippen LogP contribution in [0.25, 0.3) is 5.69 Å². The van der Waals surface area contributed by atoms with Crippen molar-refractivity contribution in [1.82, 2.24) is 4.57 Å². The summed E-state index contributed by atoms with van der Waals surface area (Å²) in [5, 5.41) is 0. The molecule has 0 N–H and O–H groups in total. The van der Waals surface area contributed by atoms with Crippen LogP contribution < -0.4 is 15.1 Å². The molecule has 0 atom stereocenters. The molecule has 0 fully saturated rings. The van der Waals surface area contributed by atoms with Crippen molar-refractivity contribution in [2.75, 3.05) is 19.0 Å². The van der Waals surface area contributed by atoms with Crippen molar-refractivity contribution in [3.05, 3.63) is 88.3 Å². The third-order valence-corrected chi connectivity index (χ3v) is 4.16. The summed E-state index contributed by atoms with van der Waals surface area (Å²) in [6.07, 6.45) is 1.79. The number of hydrogen-bond donors (Lipinski definition) is 0. The van der Waals surface area contributed by atoms with Crippen LogP contribution in [0.2, 0.25) is 0 Å². The van der Waals surface area contributed by atoms with Crippen LogP contribution in [-0.2, 0) is 6.61 Å². The standard InChI is InChI=1S/C21H22N2O2/c1-16-21(25-15-17-7-5-4-6-8-17)20(24)13-14-23(16)19-11-9-18(10-12-19)22(2)3/h4-14H,15H2,1-3H3. The first-order chi connectivity index (χ1) is 12.1. The second-order valence-electron chi connectivity index (χ2n) is 6.15. The lowest BCUT2D eigenvalue weighted by atomic mass is 10.2. The van der Waals surface area contributed by atoms with Gasteiger partial charge >= 0.3 is 0 Å². The van der Waals surface area contributed by atoms with Crippen LogP contribution in [0, 0.1) is 6.92 Å². The lowest BCUT2D eigenvalue weighted by Gasteiger charge is -2.17. The van der Waals surface area contributed by atoms with Crippen LogP contribution in [0.1, 0.15) is 11.3 Å². The Morgan fingerprint density at radius 2 is 1.64 bits per heavy atom. The predicted molar refractivity (Wildman–Crippen MR) is 102 cm³/mol. The van der Waals surface area contributed by atoms with Gasteiger partial charge in [0.1, 0.15) is 6.61 Å². The van der Waals surface area contributed by atoms with E-state index in [1.165, 1.54) is 0 Å². The van der Waals surface area contributed by atoms with E-state index in [4.69, 9.17) is 4.74 Å². The lowest BCUT2D eigenvalue weighted by molar-refractivity contribution is 0.298. The van der Waals surface area contributed by atoms with Crippen molar-refractivity contribution in [3.63, 3.8) is 0 Å². The van der Waals surface area contributed by atoms with Gasteiger partial charge in [-0.15, -0.1) is 0 Å². The molecule has 1 heterocycles. The Labute approximate surface area is 147 Å². The van der Waals surface area contributed by atoms with Crippen molar-refractivity contribution in [2.45, 2.75) is 13.5 Å². The summed E-state index contributed by atoms with van der Waals surface area (Å²) in [7, 11) is 4.02. The molecule has 0 aliphatic heterocycles. The van der Waals surface area contributed by atoms with Crippen molar-refractivity contribution in [1.29, 1.82) is 0 Å². The molecule has 0 unspecified atom stereocenters. The zero-order chi connectivity index (χ0) is 17.8. The number of rotatable bonds is 5. The van der Waals surface area contributed by atoms with Crippen LogP contribution in [-0.4, -0.2) is 18.7 Å². The predicted octanol–water partition coefficient (Wildman–Crippen LogP) is 3.79. The molecule has 0 aliphatic rings. The summed E-state index contributed by atoms with van der Waals surface area (Å²) < 4.78 is 7.81. The van der Waals surface area contributed by atoms with Gasteiger partial charge in [0.25, 0.3) is 0 Å². The maximum atomic E-state index is 12.2. The van der Waals surface area contributed by atoms with E-state index < -0.39 is 0 Å². The van der Waals surface area contributed by atoms with Crippen LogP contribution in [0.15, 0.2) is 71.7 Å². The number of hydrogen-bond acceptors (Lipinski definition) is 3. The number of anilines is 1. The summed E-state index contributed by atoms with van der Waals surface area (Å²) in [6.45, 7) is 2.28. The average molecular weight is 334 g/mol. The summed E-state index contributed by atoms with van der Waals surface area (Å²) in [5.74, 6) is 0.392. The van der Waals surface area contributed by atoms with Crippen molar-refractivity contribution in [2.24, 2.45) is 0 Å². The van der Waals surface area contributed by atoms with Crippen LogP contribution >= 0.6 is 0 Å². The molecule has 3 rings (SSSR count). The third kappa shape index (κ3) is 3.74. The minimum atomic E-state index is -0.102. The van der Waals surface area contributed by atoms with Crippen LogP contribution in [0.5, 0.6) is 5.75 Å². The van der Waals surface area contributed by atoms with E-state index in [-0.39, 0.29) is 5.43 Å². The topological polar surface area (TPSA) is 34.5 Å². The van der Waals surface area contributed by atoms with Crippen LogP contribution in [0.3, 0.4) is 0 Å². The highest BCUT2D eigenvalue weighted by molar-refractivity contribution is 5.51. The zero-order valence-electron chi connectivity index (χ0n) is 14.8. The fourth-order valence-electron chi connectivity index (χ4n) is 2.71. The second kappa shape index (κ2) is 7.26. The quantitative estimate of drug-likeness (QED) is 0.712. The molecule has 0 radical (unpaired) electrons. The minimum absolute atomic E-state index is 0.102. The lowest BCUT2D eigenvalue weighted by Crippen LogP contribution is -2.14. The van der Waals surface area contributed by atoms with Gasteiger partial charge in [-0.1, -0.05) is 30.3 Å². The van der Waals surface area contributed by atoms with Gasteiger partial charge in [0.15, 0.2) is 5.75 Å². The molecule has 4 heteroatoms. The average Bonchev–Trinajstić information content (AvgIpc) is 2.62. The number of aromatic nitrogens is 1. The van der Waals surface area contributed by atoms with Crippen molar-refractivity contribution in [3.8, 4) is 11.4 Å². The molecule has 4 nitrogen and oxygen atoms in total. The Morgan fingerprint density at radius 3 is 2.28 bits per heavy atom. The fourth-order valence-corrected chi connectivity index (χ4v) is 2.71. The summed E-state index contributed by atoms with van der Waals surface area (Å²) in [6, 6.07) is 19.6. The number of nitrogens with zero attached hydrogens (tertiary/aromatic N) is 2. The monoisotopic (exact) mass is 334 g/mol. The largest absolute Gasteiger partial charge is 0.483 e. The highest BCUT2D eigenvalue weighted by Crippen LogP contribution is 2.20. The summed E-state index contributed by atoms with van der Waals surface area (Å²) in [4.78, 5) is 14.3. The van der Waals surface area contributed by atoms with Crippen molar-refractivity contribution >= 4 is 5.69 Å². The Balaban J connectivity index is 1.90. The van der Waals surface area contributed by atoms with E-state index >= 15 is 0 Å². The molecule has 128 valence electrons. The van der Waals surface area contributed by atoms with Gasteiger partial charge in [-0.2, -0.15) is 0 Å². The van der Waals surface area contributed by atoms with Gasteiger partial charge in [0, 0.05) is 37.7 Å². The molecule has 1 aromatic heterocycles. The molecule has 0 aliphatic carbocycles. The van der Waals surface area contributed by atoms with Gasteiger partial charge in [-0.3, -0.25) is 4.79 Å². The van der Waals surface area contributed by atoms with Crippen LogP contribution in [0.4, 0.5) is 5.69 Å². The first kappa shape index (κ1) is 16.8. The Morgan fingerprint density at radius 1 is 0.960 bits per heavy atom. The normalized spacial score (nSPS) is 10.5. The van der Waals surface area contributed by atoms with Gasteiger partial charge < -0.3 is 14.2 Å². The van der Waals surface area contributed by atoms with Gasteiger partial charge in [-0.05, 0) is 36.8 Å². The Kier molecular flexibility index (Phi) is 4.89. The van der Waals surface area contributed by atoms with Gasteiger partial charge in [0.2, 0.25) is 5.43 Å². The molecule has 3 aromatic rings. The van der Waals surface area contributed by atoms with E-state index in [1.54, 1.807) is 12.3 Å². The summed E-state index contributed by atoms with van der Waals surface area (Å²) in [5.41, 5.74) is 3.85. The van der Waals surface area contributed by atoms with Gasteiger partial charge in [-0.25, -0.2) is 0 Å². The van der Waals surface area contributed by atoms with Gasteiger partial charge in [0.05, 0.1) is 5.69 Å². The van der Waals surface area contributed by atoms with E-state index in [1.807, 2.05) is 68.1 Å². The third-order valence-electron chi connectivity index (χ3n) is 4.16. The molecule has 2 aromatic carbocycles. The molecule has 0 amide bonds. The smallest absolute Gasteiger partial charge is 0.223 e. The maximum Gasteiger partial charge on any atom is 0.223 e. The molecule has 0 saturated carbocycles. The maximum absolute atomic E-state index is 12.2. The SMILES string of the molecule is Cc1c(OCc2ccccc2)c(=O)ccn1-c1ccc(N(C)C)cc1. The first-order valence-electron chi connectivity index (χ1n) is 8.23. The fraction of sp³-hybridized carbons (Fsp3) is 0.190.